The summed E-state index contributed by atoms with van der Waals surface area (Å²) in [5, 5.41) is 0. The molecule has 8 rings (SSSR count). The molecule has 0 amide bonds. The van der Waals surface area contributed by atoms with Gasteiger partial charge >= 0.3 is 11.9 Å². The van der Waals surface area contributed by atoms with Crippen molar-refractivity contribution >= 4 is 47.8 Å². The Morgan fingerprint density at radius 2 is 0.676 bits per heavy atom. The van der Waals surface area contributed by atoms with Gasteiger partial charge in [0.05, 0.1) is 22.3 Å². The molecule has 0 saturated heterocycles. The van der Waals surface area contributed by atoms with Gasteiger partial charge in [-0.15, -0.1) is 0 Å². The molecular weight excluding hydrogens is 881 g/mol. The van der Waals surface area contributed by atoms with Crippen LogP contribution in [0.15, 0.2) is 194 Å². The van der Waals surface area contributed by atoms with Crippen LogP contribution in [0.3, 0.4) is 0 Å². The largest absolute Gasteiger partial charge is 0.457 e. The lowest BCUT2D eigenvalue weighted by Gasteiger charge is -2.11. The molecular formula is C64H54O7. The summed E-state index contributed by atoms with van der Waals surface area (Å²) in [6, 6.07) is 57.9. The minimum absolute atomic E-state index is 0.150. The number of carbonyl (C=O) groups excluding carboxylic acids is 4. The van der Waals surface area contributed by atoms with E-state index in [1.54, 1.807) is 121 Å². The zero-order chi connectivity index (χ0) is 49.4. The summed E-state index contributed by atoms with van der Waals surface area (Å²) in [5.74, 6) is -0.600. The van der Waals surface area contributed by atoms with Crippen molar-refractivity contribution in [3.8, 4) is 23.0 Å². The summed E-state index contributed by atoms with van der Waals surface area (Å²) in [5.41, 5.74) is 8.72. The number of ketones is 2. The fraction of sp³-hybridized carbons (Fsp3) is 0.125. The van der Waals surface area contributed by atoms with Gasteiger partial charge in [0.2, 0.25) is 0 Å². The van der Waals surface area contributed by atoms with Crippen LogP contribution in [0.25, 0.3) is 24.3 Å². The van der Waals surface area contributed by atoms with Gasteiger partial charge in [-0.2, -0.15) is 0 Å². The van der Waals surface area contributed by atoms with Crippen LogP contribution in [-0.4, -0.2) is 23.5 Å². The number of rotatable bonds is 20. The van der Waals surface area contributed by atoms with Crippen LogP contribution in [0.1, 0.15) is 125 Å². The molecule has 352 valence electrons. The highest BCUT2D eigenvalue weighted by Crippen LogP contribution is 2.28. The first-order chi connectivity index (χ1) is 34.7. The van der Waals surface area contributed by atoms with Crippen LogP contribution in [0.2, 0.25) is 0 Å². The molecule has 0 bridgehead atoms. The monoisotopic (exact) mass is 934 g/mol. The molecule has 7 nitrogen and oxygen atoms in total. The molecule has 0 aliphatic rings. The summed E-state index contributed by atoms with van der Waals surface area (Å²) in [6.07, 6.45) is 15.0. The van der Waals surface area contributed by atoms with Crippen molar-refractivity contribution < 1.29 is 33.4 Å². The van der Waals surface area contributed by atoms with Gasteiger partial charge in [-0.3, -0.25) is 9.59 Å². The third-order valence-electron chi connectivity index (χ3n) is 12.0. The van der Waals surface area contributed by atoms with E-state index >= 15 is 0 Å². The van der Waals surface area contributed by atoms with Crippen molar-refractivity contribution in [1.29, 1.82) is 0 Å². The second kappa shape index (κ2) is 24.0. The van der Waals surface area contributed by atoms with Gasteiger partial charge in [0.25, 0.3) is 0 Å². The van der Waals surface area contributed by atoms with Gasteiger partial charge in [-0.25, -0.2) is 9.59 Å². The number of carbonyl (C=O) groups is 4. The molecule has 0 fully saturated rings. The molecule has 0 aliphatic carbocycles. The highest BCUT2D eigenvalue weighted by Gasteiger charge is 2.20. The van der Waals surface area contributed by atoms with Crippen molar-refractivity contribution in [1.82, 2.24) is 0 Å². The average Bonchev–Trinajstić information content (AvgIpc) is 3.42. The quantitative estimate of drug-likeness (QED) is 0.0325. The van der Waals surface area contributed by atoms with E-state index in [0.29, 0.717) is 28.2 Å². The summed E-state index contributed by atoms with van der Waals surface area (Å²) in [7, 11) is 0. The molecule has 0 saturated carbocycles. The third kappa shape index (κ3) is 13.3. The first-order valence-electron chi connectivity index (χ1n) is 24.1. The molecule has 0 atom stereocenters. The Labute approximate surface area is 415 Å². The topological polar surface area (TPSA) is 96.0 Å². The highest BCUT2D eigenvalue weighted by atomic mass is 16.5. The number of hydrogen-bond donors (Lipinski definition) is 0. The van der Waals surface area contributed by atoms with Crippen molar-refractivity contribution in [2.24, 2.45) is 0 Å². The number of unbranched alkanes of at least 4 members (excludes halogenated alkanes) is 2. The number of hydrogen-bond acceptors (Lipinski definition) is 7. The van der Waals surface area contributed by atoms with Crippen molar-refractivity contribution in [3.63, 3.8) is 0 Å². The van der Waals surface area contributed by atoms with E-state index in [1.807, 2.05) is 42.5 Å². The van der Waals surface area contributed by atoms with Gasteiger partial charge in [0, 0.05) is 11.1 Å². The molecule has 8 aromatic carbocycles. The molecule has 0 heterocycles. The summed E-state index contributed by atoms with van der Waals surface area (Å²) in [6.45, 7) is 4.39. The van der Waals surface area contributed by atoms with Gasteiger partial charge in [0.1, 0.15) is 23.0 Å². The molecule has 8 aromatic rings. The Kier molecular flexibility index (Phi) is 16.5. The minimum atomic E-state index is -0.634. The predicted octanol–water partition coefficient (Wildman–Crippen LogP) is 15.4. The fourth-order valence-electron chi connectivity index (χ4n) is 7.80. The Morgan fingerprint density at radius 3 is 1.04 bits per heavy atom. The Morgan fingerprint density at radius 1 is 0.366 bits per heavy atom. The lowest BCUT2D eigenvalue weighted by atomic mass is 10.0. The van der Waals surface area contributed by atoms with Crippen LogP contribution < -0.4 is 14.2 Å². The van der Waals surface area contributed by atoms with Gasteiger partial charge in [-0.1, -0.05) is 160 Å². The fourth-order valence-corrected chi connectivity index (χ4v) is 7.80. The van der Waals surface area contributed by atoms with Crippen LogP contribution >= 0.6 is 0 Å². The van der Waals surface area contributed by atoms with E-state index in [9.17, 15) is 19.2 Å². The summed E-state index contributed by atoms with van der Waals surface area (Å²) >= 11 is 0. The van der Waals surface area contributed by atoms with Crippen molar-refractivity contribution in [2.75, 3.05) is 0 Å². The van der Waals surface area contributed by atoms with Gasteiger partial charge < -0.3 is 14.2 Å². The Hall–Kier alpha value is -8.68. The summed E-state index contributed by atoms with van der Waals surface area (Å²) < 4.78 is 17.6. The zero-order valence-electron chi connectivity index (χ0n) is 39.9. The third-order valence-corrected chi connectivity index (χ3v) is 12.0. The van der Waals surface area contributed by atoms with E-state index in [2.05, 4.69) is 68.5 Å². The maximum absolute atomic E-state index is 13.7. The first kappa shape index (κ1) is 48.8. The Balaban J connectivity index is 0.836. The van der Waals surface area contributed by atoms with Crippen LogP contribution in [0.5, 0.6) is 23.0 Å². The number of aryl methyl sites for hydroxylation is 2. The van der Waals surface area contributed by atoms with E-state index in [1.165, 1.54) is 36.8 Å². The van der Waals surface area contributed by atoms with Crippen LogP contribution in [-0.2, 0) is 12.8 Å². The van der Waals surface area contributed by atoms with Crippen molar-refractivity contribution in [3.05, 3.63) is 261 Å². The molecule has 0 spiro atoms. The van der Waals surface area contributed by atoms with Gasteiger partial charge in [0.15, 0.2) is 11.6 Å². The van der Waals surface area contributed by atoms with Crippen LogP contribution in [0.4, 0.5) is 0 Å². The number of esters is 2. The lowest BCUT2D eigenvalue weighted by molar-refractivity contribution is 0.0722. The van der Waals surface area contributed by atoms with E-state index < -0.39 is 11.9 Å². The molecule has 0 N–H and O–H groups in total. The highest BCUT2D eigenvalue weighted by molar-refractivity contribution is 6.12. The average molecular weight is 935 g/mol. The van der Waals surface area contributed by atoms with E-state index in [4.69, 9.17) is 14.2 Å². The maximum Gasteiger partial charge on any atom is 0.343 e. The standard InChI is InChI=1S/C64H54O7/c1-3-5-11-45-17-21-47(22-18-45)25-27-49-29-33-51(34-30-49)61(65)57-13-7-9-15-59(57)71-64(68)54-39-43-56(44-40-54)69-55-41-37-52(38-42-55)62(66)58-14-8-10-16-60(58)70-63(67)53-35-31-50(32-36-53)28-26-48-23-19-46(20-24-48)12-6-4-2/h7-10,13-44H,3-6,11-12H2,1-2H3/b27-25+,28-26+. The second-order valence-electron chi connectivity index (χ2n) is 17.2. The zero-order valence-corrected chi connectivity index (χ0v) is 39.9. The van der Waals surface area contributed by atoms with Gasteiger partial charge in [-0.05, 0) is 144 Å². The number of ether oxygens (including phenoxy) is 3. The van der Waals surface area contributed by atoms with Crippen LogP contribution in [0, 0.1) is 0 Å². The van der Waals surface area contributed by atoms with Crippen molar-refractivity contribution in [2.45, 2.75) is 52.4 Å². The normalized spacial score (nSPS) is 11.1. The lowest BCUT2D eigenvalue weighted by Crippen LogP contribution is -2.12. The summed E-state index contributed by atoms with van der Waals surface area (Å²) in [4.78, 5) is 53.9. The predicted molar refractivity (Wildman–Crippen MR) is 283 cm³/mol. The molecule has 7 heteroatoms. The smallest absolute Gasteiger partial charge is 0.343 e. The molecule has 71 heavy (non-hydrogen) atoms. The van der Waals surface area contributed by atoms with E-state index in [0.717, 1.165) is 35.1 Å². The number of benzene rings is 8. The minimum Gasteiger partial charge on any atom is -0.457 e. The molecule has 0 aliphatic heterocycles. The molecule has 0 unspecified atom stereocenters. The van der Waals surface area contributed by atoms with E-state index in [-0.39, 0.29) is 39.8 Å². The molecule has 0 aromatic heterocycles. The Bertz CT molecular complexity index is 3150. The maximum atomic E-state index is 13.7. The SMILES string of the molecule is CCCCc1ccc(/C=C/c2ccc(C(=O)Oc3ccccc3C(=O)c3ccc(Oc4ccc(C(=O)Oc5ccccc5C(=O)c5ccc(/C=C/c6ccc(CCCC)cc6)cc5)cc4)cc3)cc2)cc1. The number of para-hydroxylation sites is 2. The molecule has 0 radical (unpaired) electrons. The second-order valence-corrected chi connectivity index (χ2v) is 17.2. The first-order valence-corrected chi connectivity index (χ1v) is 24.1.